The summed E-state index contributed by atoms with van der Waals surface area (Å²) < 4.78 is 0. The lowest BCUT2D eigenvalue weighted by Crippen LogP contribution is -2.61. The Hall–Kier alpha value is -0.610. The van der Waals surface area contributed by atoms with Crippen molar-refractivity contribution in [3.8, 4) is 0 Å². The van der Waals surface area contributed by atoms with Gasteiger partial charge in [0.05, 0.1) is 0 Å². The van der Waals surface area contributed by atoms with E-state index in [2.05, 4.69) is 25.7 Å². The second kappa shape index (κ2) is 5.64. The molecule has 0 bridgehead atoms. The first kappa shape index (κ1) is 13.5. The highest BCUT2D eigenvalue weighted by atomic mass is 16.2. The quantitative estimate of drug-likeness (QED) is 0.762. The van der Waals surface area contributed by atoms with Crippen LogP contribution in [0.25, 0.3) is 0 Å². The van der Waals surface area contributed by atoms with Gasteiger partial charge < -0.3 is 10.6 Å². The first-order chi connectivity index (χ1) is 7.47. The van der Waals surface area contributed by atoms with E-state index in [0.717, 1.165) is 19.5 Å². The van der Waals surface area contributed by atoms with Gasteiger partial charge in [-0.2, -0.15) is 0 Å². The van der Waals surface area contributed by atoms with Gasteiger partial charge in [0.2, 0.25) is 5.91 Å². The van der Waals surface area contributed by atoms with Crippen LogP contribution in [0.5, 0.6) is 0 Å². The van der Waals surface area contributed by atoms with Gasteiger partial charge in [0.15, 0.2) is 0 Å². The van der Waals surface area contributed by atoms with Crippen LogP contribution in [0.2, 0.25) is 0 Å². The molecule has 2 unspecified atom stereocenters. The second-order valence-corrected chi connectivity index (χ2v) is 5.23. The number of carbonyl (C=O) groups excluding carboxylic acids is 1. The van der Waals surface area contributed by atoms with Crippen molar-refractivity contribution < 1.29 is 4.79 Å². The molecule has 4 nitrogen and oxygen atoms in total. The van der Waals surface area contributed by atoms with Crippen LogP contribution in [0, 0.1) is 5.92 Å². The zero-order valence-corrected chi connectivity index (χ0v) is 10.9. The van der Waals surface area contributed by atoms with Crippen LogP contribution in [-0.2, 0) is 4.79 Å². The molecule has 1 fully saturated rings. The maximum atomic E-state index is 12.0. The maximum Gasteiger partial charge on any atom is 0.241 e. The molecule has 0 aromatic heterocycles. The molecule has 1 aliphatic rings. The smallest absolute Gasteiger partial charge is 0.241 e. The summed E-state index contributed by atoms with van der Waals surface area (Å²) in [7, 11) is 1.87. The van der Waals surface area contributed by atoms with Gasteiger partial charge in [0.25, 0.3) is 0 Å². The summed E-state index contributed by atoms with van der Waals surface area (Å²) in [6.45, 7) is 8.85. The summed E-state index contributed by atoms with van der Waals surface area (Å²) in [5.74, 6) is 0.841. The Bertz CT molecular complexity index is 242. The van der Waals surface area contributed by atoms with Gasteiger partial charge >= 0.3 is 0 Å². The summed E-state index contributed by atoms with van der Waals surface area (Å²) in [5, 5.41) is 0. The van der Waals surface area contributed by atoms with Gasteiger partial charge in [-0.15, -0.1) is 0 Å². The highest BCUT2D eigenvalue weighted by molar-refractivity contribution is 5.83. The zero-order chi connectivity index (χ0) is 12.3. The third-order valence-electron chi connectivity index (χ3n) is 3.45. The zero-order valence-electron chi connectivity index (χ0n) is 10.9. The molecule has 94 valence electrons. The standard InChI is InChI=1S/C12H25N3O/c1-9(2)5-6-15-8-10(3)14(4)12(16)11(15)7-13/h9-11H,5-8,13H2,1-4H3. The number of piperazine rings is 1. The summed E-state index contributed by atoms with van der Waals surface area (Å²) >= 11 is 0. The maximum absolute atomic E-state index is 12.0. The van der Waals surface area contributed by atoms with E-state index < -0.39 is 0 Å². The van der Waals surface area contributed by atoms with E-state index in [1.165, 1.54) is 0 Å². The number of hydrogen-bond acceptors (Lipinski definition) is 3. The Labute approximate surface area is 98.8 Å². The molecule has 1 heterocycles. The lowest BCUT2D eigenvalue weighted by Gasteiger charge is -2.42. The van der Waals surface area contributed by atoms with Crippen LogP contribution < -0.4 is 5.73 Å². The van der Waals surface area contributed by atoms with E-state index in [0.29, 0.717) is 18.5 Å². The van der Waals surface area contributed by atoms with Crippen LogP contribution in [0.4, 0.5) is 0 Å². The highest BCUT2D eigenvalue weighted by Crippen LogP contribution is 2.16. The van der Waals surface area contributed by atoms with E-state index in [1.807, 2.05) is 11.9 Å². The third-order valence-corrected chi connectivity index (χ3v) is 3.45. The number of rotatable bonds is 4. The van der Waals surface area contributed by atoms with Gasteiger partial charge in [-0.3, -0.25) is 9.69 Å². The van der Waals surface area contributed by atoms with Crippen LogP contribution in [0.1, 0.15) is 27.2 Å². The lowest BCUT2D eigenvalue weighted by atomic mass is 10.0. The molecule has 1 rings (SSSR count). The molecule has 1 aliphatic heterocycles. The van der Waals surface area contributed by atoms with Crippen molar-refractivity contribution >= 4 is 5.91 Å². The first-order valence-electron chi connectivity index (χ1n) is 6.18. The predicted octanol–water partition coefficient (Wildman–Crippen LogP) is 0.522. The van der Waals surface area contributed by atoms with Crippen LogP contribution in [0.3, 0.4) is 0 Å². The third kappa shape index (κ3) is 2.95. The van der Waals surface area contributed by atoms with Crippen molar-refractivity contribution in [3.63, 3.8) is 0 Å². The van der Waals surface area contributed by atoms with Crippen molar-refractivity contribution in [2.45, 2.75) is 39.3 Å². The van der Waals surface area contributed by atoms with Crippen LogP contribution in [0.15, 0.2) is 0 Å². The van der Waals surface area contributed by atoms with Crippen LogP contribution >= 0.6 is 0 Å². The van der Waals surface area contributed by atoms with Gasteiger partial charge in [-0.25, -0.2) is 0 Å². The molecule has 0 aliphatic carbocycles. The summed E-state index contributed by atoms with van der Waals surface area (Å²) in [6, 6.07) is 0.183. The SMILES string of the molecule is CC(C)CCN1CC(C)N(C)C(=O)C1CN. The Morgan fingerprint density at radius 1 is 1.50 bits per heavy atom. The van der Waals surface area contributed by atoms with E-state index >= 15 is 0 Å². The van der Waals surface area contributed by atoms with E-state index in [9.17, 15) is 4.79 Å². The van der Waals surface area contributed by atoms with Gasteiger partial charge in [-0.05, 0) is 25.8 Å². The number of nitrogens with zero attached hydrogens (tertiary/aromatic N) is 2. The molecule has 16 heavy (non-hydrogen) atoms. The average Bonchev–Trinajstić information content (AvgIpc) is 2.23. The van der Waals surface area contributed by atoms with Gasteiger partial charge in [-0.1, -0.05) is 13.8 Å². The van der Waals surface area contributed by atoms with Crippen molar-refractivity contribution in [1.82, 2.24) is 9.80 Å². The van der Waals surface area contributed by atoms with E-state index in [1.54, 1.807) is 0 Å². The van der Waals surface area contributed by atoms with E-state index in [4.69, 9.17) is 5.73 Å². The number of likely N-dealkylation sites (N-methyl/N-ethyl adjacent to an activating group) is 1. The van der Waals surface area contributed by atoms with Gasteiger partial charge in [0, 0.05) is 26.2 Å². The minimum Gasteiger partial charge on any atom is -0.340 e. The summed E-state index contributed by atoms with van der Waals surface area (Å²) in [6.07, 6.45) is 1.13. The molecular formula is C12H25N3O. The molecule has 0 aromatic rings. The monoisotopic (exact) mass is 227 g/mol. The largest absolute Gasteiger partial charge is 0.340 e. The van der Waals surface area contributed by atoms with Crippen molar-refractivity contribution in [2.24, 2.45) is 11.7 Å². The fraction of sp³-hybridized carbons (Fsp3) is 0.917. The Morgan fingerprint density at radius 3 is 2.62 bits per heavy atom. The van der Waals surface area contributed by atoms with E-state index in [-0.39, 0.29) is 11.9 Å². The van der Waals surface area contributed by atoms with Crippen molar-refractivity contribution in [1.29, 1.82) is 0 Å². The minimum absolute atomic E-state index is 0.111. The Balaban J connectivity index is 2.63. The topological polar surface area (TPSA) is 49.6 Å². The fourth-order valence-electron chi connectivity index (χ4n) is 2.12. The van der Waals surface area contributed by atoms with Crippen molar-refractivity contribution in [3.05, 3.63) is 0 Å². The molecule has 0 radical (unpaired) electrons. The number of hydrogen-bond donors (Lipinski definition) is 1. The average molecular weight is 227 g/mol. The highest BCUT2D eigenvalue weighted by Gasteiger charge is 2.35. The fourth-order valence-corrected chi connectivity index (χ4v) is 2.12. The number of carbonyl (C=O) groups is 1. The van der Waals surface area contributed by atoms with Crippen LogP contribution in [-0.4, -0.2) is 54.5 Å². The number of nitrogens with two attached hydrogens (primary N) is 1. The van der Waals surface area contributed by atoms with Gasteiger partial charge in [0.1, 0.15) is 6.04 Å². The Kier molecular flexibility index (Phi) is 4.74. The molecule has 4 heteroatoms. The second-order valence-electron chi connectivity index (χ2n) is 5.23. The molecule has 0 aromatic carbocycles. The van der Waals surface area contributed by atoms with Crippen molar-refractivity contribution in [2.75, 3.05) is 26.7 Å². The molecule has 0 spiro atoms. The Morgan fingerprint density at radius 2 is 2.12 bits per heavy atom. The molecule has 0 saturated carbocycles. The molecule has 2 N–H and O–H groups in total. The lowest BCUT2D eigenvalue weighted by molar-refractivity contribution is -0.143. The minimum atomic E-state index is -0.111. The first-order valence-corrected chi connectivity index (χ1v) is 6.18. The predicted molar refractivity (Wildman–Crippen MR) is 66.1 cm³/mol. The summed E-state index contributed by atoms with van der Waals surface area (Å²) in [5.41, 5.74) is 5.71. The molecule has 2 atom stereocenters. The summed E-state index contributed by atoms with van der Waals surface area (Å²) in [4.78, 5) is 16.1. The molecular weight excluding hydrogens is 202 g/mol. The molecule has 1 amide bonds. The number of amides is 1. The normalized spacial score (nSPS) is 27.9. The molecule has 1 saturated heterocycles.